The van der Waals surface area contributed by atoms with Gasteiger partial charge in [0.2, 0.25) is 0 Å². The Kier molecular flexibility index (Phi) is 3.95. The minimum Gasteiger partial charge on any atom is -0.326 e. The Balaban J connectivity index is 2.24. The molecule has 0 radical (unpaired) electrons. The number of aromatic nitrogens is 3. The van der Waals surface area contributed by atoms with Gasteiger partial charge in [-0.3, -0.25) is 4.57 Å². The molecule has 1 fully saturated rings. The lowest BCUT2D eigenvalue weighted by atomic mass is 10.1. The maximum atomic E-state index is 13.0. The van der Waals surface area contributed by atoms with Gasteiger partial charge in [0.1, 0.15) is 5.25 Å². The van der Waals surface area contributed by atoms with Crippen molar-refractivity contribution < 1.29 is 13.2 Å². The number of halogens is 3. The van der Waals surface area contributed by atoms with Crippen molar-refractivity contribution in [1.82, 2.24) is 14.8 Å². The molecule has 0 saturated heterocycles. The van der Waals surface area contributed by atoms with E-state index in [9.17, 15) is 18.0 Å². The molecule has 19 heavy (non-hydrogen) atoms. The number of H-pyrrole nitrogens is 1. The fourth-order valence-electron chi connectivity index (χ4n) is 1.75. The lowest BCUT2D eigenvalue weighted by molar-refractivity contribution is -0.132. The number of nitrogens with one attached hydrogen (secondary N) is 1. The van der Waals surface area contributed by atoms with Gasteiger partial charge in [-0.05, 0) is 19.3 Å². The van der Waals surface area contributed by atoms with Crippen molar-refractivity contribution in [2.24, 2.45) is 5.73 Å². The maximum Gasteiger partial charge on any atom is 0.402 e. The minimum atomic E-state index is -4.43. The van der Waals surface area contributed by atoms with Crippen molar-refractivity contribution in [1.29, 1.82) is 0 Å². The average Bonchev–Trinajstić information content (AvgIpc) is 3.08. The van der Waals surface area contributed by atoms with Gasteiger partial charge in [0, 0.05) is 12.1 Å². The summed E-state index contributed by atoms with van der Waals surface area (Å²) in [6.45, 7) is 1.60. The van der Waals surface area contributed by atoms with E-state index in [4.69, 9.17) is 5.73 Å². The van der Waals surface area contributed by atoms with Crippen molar-refractivity contribution in [2.75, 3.05) is 0 Å². The highest BCUT2D eigenvalue weighted by Gasteiger charge is 2.45. The monoisotopic (exact) mass is 296 g/mol. The van der Waals surface area contributed by atoms with E-state index in [0.717, 1.165) is 12.8 Å². The van der Waals surface area contributed by atoms with Crippen molar-refractivity contribution in [3.8, 4) is 0 Å². The van der Waals surface area contributed by atoms with Crippen LogP contribution < -0.4 is 11.4 Å². The van der Waals surface area contributed by atoms with E-state index in [1.54, 1.807) is 6.92 Å². The van der Waals surface area contributed by atoms with Gasteiger partial charge >= 0.3 is 11.9 Å². The topological polar surface area (TPSA) is 76.7 Å². The number of hydrogen-bond donors (Lipinski definition) is 2. The predicted octanol–water partition coefficient (Wildman–Crippen LogP) is 1.67. The van der Waals surface area contributed by atoms with Crippen LogP contribution in [0.3, 0.4) is 0 Å². The lowest BCUT2D eigenvalue weighted by Crippen LogP contribution is -2.42. The zero-order valence-corrected chi connectivity index (χ0v) is 11.1. The van der Waals surface area contributed by atoms with E-state index in [1.807, 2.05) is 0 Å². The number of nitrogens with zero attached hydrogens (tertiary/aromatic N) is 2. The highest BCUT2D eigenvalue weighted by molar-refractivity contribution is 7.99. The van der Waals surface area contributed by atoms with E-state index >= 15 is 0 Å². The standard InChI is InChI=1S/C10H15F3N4OS/c1-2-6(14)7(10(11,12)13)19-9-16-15-8(18)17(9)5-3-4-5/h5-7H,2-4,14H2,1H3,(H,15,18). The maximum absolute atomic E-state index is 13.0. The van der Waals surface area contributed by atoms with Crippen LogP contribution in [0.25, 0.3) is 0 Å². The molecule has 108 valence electrons. The molecule has 9 heteroatoms. The van der Waals surface area contributed by atoms with Gasteiger partial charge in [0.15, 0.2) is 5.16 Å². The molecule has 1 saturated carbocycles. The second-order valence-corrected chi connectivity index (χ2v) is 5.67. The summed E-state index contributed by atoms with van der Waals surface area (Å²) in [4.78, 5) is 11.5. The second-order valence-electron chi connectivity index (χ2n) is 4.56. The fourth-order valence-corrected chi connectivity index (χ4v) is 2.92. The summed E-state index contributed by atoms with van der Waals surface area (Å²) < 4.78 is 40.2. The van der Waals surface area contributed by atoms with Crippen LogP contribution in [0.5, 0.6) is 0 Å². The summed E-state index contributed by atoms with van der Waals surface area (Å²) in [7, 11) is 0. The number of hydrogen-bond acceptors (Lipinski definition) is 4. The SMILES string of the molecule is CCC(N)C(Sc1n[nH]c(=O)n1C1CC1)C(F)(F)F. The highest BCUT2D eigenvalue weighted by Crippen LogP contribution is 2.40. The third-order valence-electron chi connectivity index (χ3n) is 3.00. The van der Waals surface area contributed by atoms with Crippen LogP contribution in [0.1, 0.15) is 32.2 Å². The van der Waals surface area contributed by atoms with E-state index in [1.165, 1.54) is 4.57 Å². The van der Waals surface area contributed by atoms with Gasteiger partial charge in [-0.15, -0.1) is 5.10 Å². The molecular formula is C10H15F3N4OS. The second kappa shape index (κ2) is 5.20. The van der Waals surface area contributed by atoms with Crippen LogP contribution >= 0.6 is 11.8 Å². The zero-order chi connectivity index (χ0) is 14.2. The Bertz CT molecular complexity index is 494. The van der Waals surface area contributed by atoms with Crippen molar-refractivity contribution in [3.63, 3.8) is 0 Å². The molecule has 0 bridgehead atoms. The normalized spacial score (nSPS) is 19.4. The van der Waals surface area contributed by atoms with E-state index in [0.29, 0.717) is 11.8 Å². The summed E-state index contributed by atoms with van der Waals surface area (Å²) in [5, 5.41) is 4.19. The van der Waals surface area contributed by atoms with Crippen LogP contribution in [-0.4, -0.2) is 32.2 Å². The predicted molar refractivity (Wildman–Crippen MR) is 65.1 cm³/mol. The molecule has 2 unspecified atom stereocenters. The third-order valence-corrected chi connectivity index (χ3v) is 4.37. The van der Waals surface area contributed by atoms with Crippen molar-refractivity contribution in [2.45, 2.75) is 54.9 Å². The van der Waals surface area contributed by atoms with Crippen LogP contribution in [0.4, 0.5) is 13.2 Å². The Morgan fingerprint density at radius 1 is 1.58 bits per heavy atom. The Hall–Kier alpha value is -0.960. The average molecular weight is 296 g/mol. The molecule has 1 aromatic rings. The first-order valence-electron chi connectivity index (χ1n) is 6.00. The van der Waals surface area contributed by atoms with Crippen LogP contribution in [0.15, 0.2) is 9.95 Å². The van der Waals surface area contributed by atoms with Crippen molar-refractivity contribution >= 4 is 11.8 Å². The van der Waals surface area contributed by atoms with E-state index in [-0.39, 0.29) is 17.6 Å². The molecule has 1 heterocycles. The van der Waals surface area contributed by atoms with Crippen LogP contribution in [-0.2, 0) is 0 Å². The molecule has 0 spiro atoms. The van der Waals surface area contributed by atoms with Gasteiger partial charge in [0.25, 0.3) is 0 Å². The molecule has 0 amide bonds. The fraction of sp³-hybridized carbons (Fsp3) is 0.800. The summed E-state index contributed by atoms with van der Waals surface area (Å²) in [5.41, 5.74) is 5.07. The molecule has 2 atom stereocenters. The summed E-state index contributed by atoms with van der Waals surface area (Å²) in [6, 6.07) is -1.05. The third kappa shape index (κ3) is 3.14. The van der Waals surface area contributed by atoms with Gasteiger partial charge in [-0.1, -0.05) is 18.7 Å². The number of alkyl halides is 3. The zero-order valence-electron chi connectivity index (χ0n) is 10.3. The first kappa shape index (κ1) is 14.4. The summed E-state index contributed by atoms with van der Waals surface area (Å²) >= 11 is 0.515. The molecule has 1 aliphatic rings. The van der Waals surface area contributed by atoms with Crippen LogP contribution in [0, 0.1) is 0 Å². The number of thioether (sulfide) groups is 1. The summed E-state index contributed by atoms with van der Waals surface area (Å²) in [6.07, 6.45) is -2.63. The molecule has 3 N–H and O–H groups in total. The number of nitrogens with two attached hydrogens (primary N) is 1. The smallest absolute Gasteiger partial charge is 0.326 e. The highest BCUT2D eigenvalue weighted by atomic mass is 32.2. The molecule has 5 nitrogen and oxygen atoms in total. The number of rotatable bonds is 5. The molecule has 1 aromatic heterocycles. The van der Waals surface area contributed by atoms with Gasteiger partial charge < -0.3 is 5.73 Å². The molecule has 1 aliphatic carbocycles. The molecule has 0 aliphatic heterocycles. The molecular weight excluding hydrogens is 281 g/mol. The Morgan fingerprint density at radius 2 is 2.21 bits per heavy atom. The quantitative estimate of drug-likeness (QED) is 0.810. The summed E-state index contributed by atoms with van der Waals surface area (Å²) in [5.74, 6) is 0. The first-order valence-corrected chi connectivity index (χ1v) is 6.88. The first-order chi connectivity index (χ1) is 8.84. The lowest BCUT2D eigenvalue weighted by Gasteiger charge is -2.24. The van der Waals surface area contributed by atoms with Crippen molar-refractivity contribution in [3.05, 3.63) is 10.5 Å². The van der Waals surface area contributed by atoms with E-state index < -0.39 is 23.2 Å². The Labute approximate surface area is 111 Å². The molecule has 2 rings (SSSR count). The Morgan fingerprint density at radius 3 is 2.68 bits per heavy atom. The largest absolute Gasteiger partial charge is 0.402 e. The van der Waals surface area contributed by atoms with Crippen LogP contribution in [0.2, 0.25) is 0 Å². The van der Waals surface area contributed by atoms with Gasteiger partial charge in [0.05, 0.1) is 0 Å². The number of aromatic amines is 1. The minimum absolute atomic E-state index is 0.0273. The van der Waals surface area contributed by atoms with Gasteiger partial charge in [-0.25, -0.2) is 9.89 Å². The van der Waals surface area contributed by atoms with E-state index in [2.05, 4.69) is 10.2 Å². The van der Waals surface area contributed by atoms with Gasteiger partial charge in [-0.2, -0.15) is 13.2 Å². The molecule has 0 aromatic carbocycles.